The number of carbonyl (C=O) groups is 1. The number of amides is 1. The van der Waals surface area contributed by atoms with E-state index >= 15 is 0 Å². The molecule has 4 saturated carbocycles. The summed E-state index contributed by atoms with van der Waals surface area (Å²) in [7, 11) is 0. The van der Waals surface area contributed by atoms with Crippen LogP contribution in [0.15, 0.2) is 30.3 Å². The van der Waals surface area contributed by atoms with E-state index in [2.05, 4.69) is 11.0 Å². The Bertz CT molecular complexity index is 1230. The fraction of sp³-hybridized carbons (Fsp3) is 0.600. The van der Waals surface area contributed by atoms with E-state index in [4.69, 9.17) is 14.5 Å². The highest BCUT2D eigenvalue weighted by Gasteiger charge is 2.73. The van der Waals surface area contributed by atoms with Gasteiger partial charge >= 0.3 is 6.09 Å². The molecule has 2 aromatic rings. The number of carbonyl (C=O) groups excluding carboxylic acids is 1. The average Bonchev–Trinajstić information content (AvgIpc) is 3.66. The largest absolute Gasteiger partial charge is 0.478 e. The van der Waals surface area contributed by atoms with E-state index in [0.29, 0.717) is 24.9 Å². The van der Waals surface area contributed by atoms with Gasteiger partial charge < -0.3 is 14.6 Å². The number of ether oxygens (including phenoxy) is 2. The van der Waals surface area contributed by atoms with E-state index in [-0.39, 0.29) is 29.5 Å². The molecule has 8 rings (SSSR count). The monoisotopic (exact) mass is 521 g/mol. The van der Waals surface area contributed by atoms with Gasteiger partial charge in [-0.1, -0.05) is 0 Å². The molecule has 202 valence electrons. The van der Waals surface area contributed by atoms with Gasteiger partial charge in [0.2, 0.25) is 5.88 Å². The quantitative estimate of drug-likeness (QED) is 0.535. The molecular formula is C30H36FN3O4. The van der Waals surface area contributed by atoms with E-state index in [0.717, 1.165) is 81.4 Å². The van der Waals surface area contributed by atoms with Crippen LogP contribution in [0, 0.1) is 11.2 Å². The number of rotatable bonds is 8. The van der Waals surface area contributed by atoms with Crippen molar-refractivity contribution in [2.24, 2.45) is 5.41 Å². The molecular weight excluding hydrogens is 485 g/mol. The van der Waals surface area contributed by atoms with Crippen LogP contribution >= 0.6 is 0 Å². The Labute approximate surface area is 222 Å². The lowest BCUT2D eigenvalue weighted by molar-refractivity contribution is -0.219. The smallest absolute Gasteiger partial charge is 0.410 e. The molecule has 1 spiro atoms. The van der Waals surface area contributed by atoms with Crippen LogP contribution in [0.5, 0.6) is 5.88 Å². The minimum atomic E-state index is -0.401. The first-order chi connectivity index (χ1) is 18.4. The van der Waals surface area contributed by atoms with Crippen molar-refractivity contribution in [2.45, 2.75) is 75.5 Å². The number of aromatic nitrogens is 1. The van der Waals surface area contributed by atoms with E-state index < -0.39 is 5.60 Å². The summed E-state index contributed by atoms with van der Waals surface area (Å²) in [6, 6.07) is 8.83. The maximum absolute atomic E-state index is 13.6. The highest BCUT2D eigenvalue weighted by Crippen LogP contribution is 2.70. The van der Waals surface area contributed by atoms with Gasteiger partial charge in [0, 0.05) is 61.2 Å². The highest BCUT2D eigenvalue weighted by molar-refractivity contribution is 5.73. The first kappa shape index (κ1) is 24.3. The zero-order valence-corrected chi connectivity index (χ0v) is 22.0. The van der Waals surface area contributed by atoms with Crippen LogP contribution in [0.25, 0.3) is 11.3 Å². The van der Waals surface area contributed by atoms with Crippen molar-refractivity contribution in [2.75, 3.05) is 32.8 Å². The Morgan fingerprint density at radius 1 is 1.16 bits per heavy atom. The van der Waals surface area contributed by atoms with Gasteiger partial charge in [0.05, 0.1) is 18.8 Å². The zero-order valence-electron chi connectivity index (χ0n) is 22.0. The number of hydrogen-bond acceptors (Lipinski definition) is 6. The van der Waals surface area contributed by atoms with Gasteiger partial charge in [-0.2, -0.15) is 0 Å². The predicted octanol–water partition coefficient (Wildman–Crippen LogP) is 4.87. The molecule has 1 amide bonds. The summed E-state index contributed by atoms with van der Waals surface area (Å²) in [5.74, 6) is 0.893. The number of piperidine rings is 1. The molecule has 4 aliphatic carbocycles. The summed E-state index contributed by atoms with van der Waals surface area (Å²) in [6.45, 7) is 5.82. The van der Waals surface area contributed by atoms with Crippen LogP contribution in [-0.4, -0.2) is 70.0 Å². The Morgan fingerprint density at radius 3 is 2.50 bits per heavy atom. The van der Waals surface area contributed by atoms with Crippen molar-refractivity contribution in [3.05, 3.63) is 47.3 Å². The predicted molar refractivity (Wildman–Crippen MR) is 139 cm³/mol. The number of aliphatic hydroxyl groups is 1. The lowest BCUT2D eigenvalue weighted by atomic mass is 9.39. The molecule has 3 heterocycles. The van der Waals surface area contributed by atoms with Gasteiger partial charge in [-0.15, -0.1) is 0 Å². The number of hydrogen-bond donors (Lipinski definition) is 1. The lowest BCUT2D eigenvalue weighted by Gasteiger charge is -2.72. The summed E-state index contributed by atoms with van der Waals surface area (Å²) < 4.78 is 25.6. The standard InChI is InChI=1S/C30H36FN3O4/c1-2-37-26-22(13-24(20-3-4-20)25(32-26)21-5-7-23(31)8-6-21)14-33-11-9-30(10-12-33)18-34(27(36)38-30)29-15-28(16-29,17-29)19-35/h5-8,13,20,35H,2-4,9-12,14-19H2,1H3. The molecule has 6 fully saturated rings. The Balaban J connectivity index is 1.06. The second-order valence-corrected chi connectivity index (χ2v) is 12.4. The number of halogens is 1. The minimum absolute atomic E-state index is 0.0655. The average molecular weight is 522 g/mol. The molecule has 2 saturated heterocycles. The number of aliphatic hydroxyl groups excluding tert-OH is 1. The molecule has 0 atom stereocenters. The topological polar surface area (TPSA) is 75.1 Å². The summed E-state index contributed by atoms with van der Waals surface area (Å²) in [5.41, 5.74) is 3.73. The Hall–Kier alpha value is -2.71. The number of nitrogens with zero attached hydrogens (tertiary/aromatic N) is 3. The van der Waals surface area contributed by atoms with Crippen LogP contribution in [-0.2, 0) is 11.3 Å². The molecule has 0 radical (unpaired) electrons. The molecule has 2 bridgehead atoms. The molecule has 38 heavy (non-hydrogen) atoms. The van der Waals surface area contributed by atoms with Crippen LogP contribution in [0.2, 0.25) is 0 Å². The maximum Gasteiger partial charge on any atom is 0.410 e. The summed E-state index contributed by atoms with van der Waals surface area (Å²) in [4.78, 5) is 22.2. The number of benzene rings is 1. The molecule has 6 aliphatic rings. The number of likely N-dealkylation sites (tertiary alicyclic amines) is 1. The van der Waals surface area contributed by atoms with Crippen molar-refractivity contribution in [1.82, 2.24) is 14.8 Å². The summed E-state index contributed by atoms with van der Waals surface area (Å²) in [6.07, 6.45) is 6.51. The third-order valence-corrected chi connectivity index (χ3v) is 9.66. The summed E-state index contributed by atoms with van der Waals surface area (Å²) >= 11 is 0. The Morgan fingerprint density at radius 2 is 1.87 bits per heavy atom. The van der Waals surface area contributed by atoms with Crippen molar-refractivity contribution in [3.63, 3.8) is 0 Å². The Kier molecular flexibility index (Phi) is 5.54. The van der Waals surface area contributed by atoms with E-state index in [1.807, 2.05) is 11.8 Å². The number of pyridine rings is 1. The van der Waals surface area contributed by atoms with E-state index in [1.165, 1.54) is 17.7 Å². The second-order valence-electron chi connectivity index (χ2n) is 12.4. The third-order valence-electron chi connectivity index (χ3n) is 9.66. The first-order valence-electron chi connectivity index (χ1n) is 14.1. The second kappa shape index (κ2) is 8.65. The van der Waals surface area contributed by atoms with Gasteiger partial charge in [0.1, 0.15) is 11.4 Å². The highest BCUT2D eigenvalue weighted by atomic mass is 19.1. The SMILES string of the molecule is CCOc1nc(-c2ccc(F)cc2)c(C2CC2)cc1CN1CCC2(CC1)CN(C13CC(CO)(C1)C3)C(=O)O2. The van der Waals surface area contributed by atoms with Crippen molar-refractivity contribution >= 4 is 6.09 Å². The van der Waals surface area contributed by atoms with Gasteiger partial charge in [0.25, 0.3) is 0 Å². The molecule has 1 N–H and O–H groups in total. The molecule has 1 aromatic heterocycles. The van der Waals surface area contributed by atoms with Crippen molar-refractivity contribution in [1.29, 1.82) is 0 Å². The zero-order chi connectivity index (χ0) is 26.1. The maximum atomic E-state index is 13.6. The fourth-order valence-electron chi connectivity index (χ4n) is 7.47. The van der Waals surface area contributed by atoms with E-state index in [9.17, 15) is 14.3 Å². The van der Waals surface area contributed by atoms with E-state index in [1.54, 1.807) is 12.1 Å². The fourth-order valence-corrected chi connectivity index (χ4v) is 7.47. The van der Waals surface area contributed by atoms with Gasteiger partial charge in [-0.3, -0.25) is 9.80 Å². The molecule has 7 nitrogen and oxygen atoms in total. The van der Waals surface area contributed by atoms with Crippen LogP contribution < -0.4 is 4.74 Å². The normalized spacial score (nSPS) is 29.7. The van der Waals surface area contributed by atoms with Crippen LogP contribution in [0.1, 0.15) is 68.9 Å². The van der Waals surface area contributed by atoms with Crippen LogP contribution in [0.3, 0.4) is 0 Å². The van der Waals surface area contributed by atoms with Gasteiger partial charge in [0.15, 0.2) is 0 Å². The summed E-state index contributed by atoms with van der Waals surface area (Å²) in [5, 5.41) is 9.62. The third kappa shape index (κ3) is 3.90. The molecule has 2 aliphatic heterocycles. The molecule has 8 heteroatoms. The minimum Gasteiger partial charge on any atom is -0.478 e. The van der Waals surface area contributed by atoms with Gasteiger partial charge in [-0.05, 0) is 80.8 Å². The lowest BCUT2D eigenvalue weighted by Crippen LogP contribution is -2.76. The van der Waals surface area contributed by atoms with Crippen molar-refractivity contribution < 1.29 is 23.8 Å². The first-order valence-corrected chi connectivity index (χ1v) is 14.1. The van der Waals surface area contributed by atoms with Gasteiger partial charge in [-0.25, -0.2) is 14.2 Å². The van der Waals surface area contributed by atoms with Crippen molar-refractivity contribution in [3.8, 4) is 17.1 Å². The molecule has 0 unspecified atom stereocenters. The molecule has 1 aromatic carbocycles. The van der Waals surface area contributed by atoms with Crippen LogP contribution in [0.4, 0.5) is 9.18 Å².